The number of halogens is 3. The molecule has 0 radical (unpaired) electrons. The number of alkyl halides is 3. The van der Waals surface area contributed by atoms with Gasteiger partial charge in [0.1, 0.15) is 16.2 Å². The lowest BCUT2D eigenvalue weighted by molar-refractivity contribution is -0.138. The molecule has 1 fully saturated rings. The zero-order valence-corrected chi connectivity index (χ0v) is 19.5. The van der Waals surface area contributed by atoms with Crippen LogP contribution < -0.4 is 0 Å². The summed E-state index contributed by atoms with van der Waals surface area (Å²) in [5, 5.41) is 0. The SMILES string of the molecule is CCS(=O)(=O)c1cc(C(F)(F)F)cn2cc(C(=O)N3CCN(C(=O)OC(C)(C)C)CC3)nc12. The number of hydrogen-bond acceptors (Lipinski definition) is 6. The highest BCUT2D eigenvalue weighted by atomic mass is 32.2. The van der Waals surface area contributed by atoms with Gasteiger partial charge in [-0.15, -0.1) is 0 Å². The molecule has 3 heterocycles. The van der Waals surface area contributed by atoms with Crippen LogP contribution in [0.2, 0.25) is 0 Å². The predicted octanol–water partition coefficient (Wildman–Crippen LogP) is 2.84. The average Bonchev–Trinajstić information content (AvgIpc) is 3.14. The molecule has 0 saturated carbocycles. The first-order chi connectivity index (χ1) is 15.1. The number of ether oxygens (including phenoxy) is 1. The molecule has 0 aliphatic carbocycles. The Bertz CT molecular complexity index is 1180. The molecule has 2 aromatic heterocycles. The fourth-order valence-corrected chi connectivity index (χ4v) is 4.34. The van der Waals surface area contributed by atoms with Crippen LogP contribution in [0.4, 0.5) is 18.0 Å². The topological polar surface area (TPSA) is 101 Å². The Balaban J connectivity index is 1.87. The van der Waals surface area contributed by atoms with Crippen molar-refractivity contribution in [2.75, 3.05) is 31.9 Å². The van der Waals surface area contributed by atoms with Gasteiger partial charge in [0.05, 0.1) is 11.3 Å². The quantitative estimate of drug-likeness (QED) is 0.656. The standard InChI is InChI=1S/C20H25F3N4O5S/c1-5-33(30,31)15-10-13(20(21,22)23)11-27-12-14(24-16(15)27)17(28)25-6-8-26(9-7-25)18(29)32-19(2,3)4/h10-12H,5-9H2,1-4H3. The number of fused-ring (bicyclic) bond motifs is 1. The van der Waals surface area contributed by atoms with Crippen molar-refractivity contribution in [3.63, 3.8) is 0 Å². The molecular weight excluding hydrogens is 465 g/mol. The minimum atomic E-state index is -4.78. The van der Waals surface area contributed by atoms with E-state index in [4.69, 9.17) is 4.74 Å². The number of nitrogens with zero attached hydrogens (tertiary/aromatic N) is 4. The average molecular weight is 491 g/mol. The number of piperazine rings is 1. The molecule has 0 unspecified atom stereocenters. The number of aromatic nitrogens is 2. The van der Waals surface area contributed by atoms with Crippen LogP contribution in [0.1, 0.15) is 43.7 Å². The first-order valence-electron chi connectivity index (χ1n) is 10.2. The van der Waals surface area contributed by atoms with E-state index >= 15 is 0 Å². The molecular formula is C20H25F3N4O5S. The Morgan fingerprint density at radius 2 is 1.64 bits per heavy atom. The second-order valence-electron chi connectivity index (χ2n) is 8.61. The van der Waals surface area contributed by atoms with Crippen LogP contribution in [0.3, 0.4) is 0 Å². The van der Waals surface area contributed by atoms with Crippen LogP contribution in [0.15, 0.2) is 23.4 Å². The van der Waals surface area contributed by atoms with Crippen molar-refractivity contribution in [2.45, 2.75) is 44.4 Å². The van der Waals surface area contributed by atoms with E-state index in [1.165, 1.54) is 16.7 Å². The third-order valence-electron chi connectivity index (χ3n) is 5.00. The van der Waals surface area contributed by atoms with Gasteiger partial charge in [-0.3, -0.25) is 4.79 Å². The third-order valence-corrected chi connectivity index (χ3v) is 6.73. The summed E-state index contributed by atoms with van der Waals surface area (Å²) >= 11 is 0. The van der Waals surface area contributed by atoms with Gasteiger partial charge in [0.25, 0.3) is 5.91 Å². The largest absolute Gasteiger partial charge is 0.444 e. The first kappa shape index (κ1) is 24.8. The molecule has 0 N–H and O–H groups in total. The lowest BCUT2D eigenvalue weighted by atomic mass is 10.2. The summed E-state index contributed by atoms with van der Waals surface area (Å²) in [6.45, 7) is 7.29. The number of imidazole rings is 1. The number of amides is 2. The predicted molar refractivity (Wildman–Crippen MR) is 112 cm³/mol. The van der Waals surface area contributed by atoms with Gasteiger partial charge in [0.15, 0.2) is 15.5 Å². The van der Waals surface area contributed by atoms with E-state index in [0.29, 0.717) is 12.3 Å². The number of rotatable bonds is 3. The Hall–Kier alpha value is -2.83. The molecule has 1 aliphatic rings. The fraction of sp³-hybridized carbons (Fsp3) is 0.550. The van der Waals surface area contributed by atoms with E-state index in [-0.39, 0.29) is 37.5 Å². The van der Waals surface area contributed by atoms with Crippen LogP contribution >= 0.6 is 0 Å². The second kappa shape index (κ2) is 8.50. The monoisotopic (exact) mass is 490 g/mol. The summed E-state index contributed by atoms with van der Waals surface area (Å²) in [7, 11) is -4.04. The Morgan fingerprint density at radius 3 is 2.15 bits per heavy atom. The van der Waals surface area contributed by atoms with Gasteiger partial charge in [0, 0.05) is 38.6 Å². The number of carbonyl (C=O) groups is 2. The number of carbonyl (C=O) groups excluding carboxylic acids is 2. The minimum Gasteiger partial charge on any atom is -0.444 e. The van der Waals surface area contributed by atoms with E-state index < -0.39 is 49.8 Å². The van der Waals surface area contributed by atoms with Crippen LogP contribution in [0.25, 0.3) is 5.65 Å². The number of hydrogen-bond donors (Lipinski definition) is 0. The number of pyridine rings is 1. The lowest BCUT2D eigenvalue weighted by Gasteiger charge is -2.35. The van der Waals surface area contributed by atoms with E-state index in [1.807, 2.05) is 0 Å². The Labute approximate surface area is 189 Å². The van der Waals surface area contributed by atoms with Crippen molar-refractivity contribution >= 4 is 27.5 Å². The third kappa shape index (κ3) is 5.40. The van der Waals surface area contributed by atoms with E-state index in [9.17, 15) is 31.2 Å². The highest BCUT2D eigenvalue weighted by Crippen LogP contribution is 2.32. The molecule has 13 heteroatoms. The first-order valence-corrected chi connectivity index (χ1v) is 11.9. The van der Waals surface area contributed by atoms with Crippen molar-refractivity contribution in [1.29, 1.82) is 0 Å². The fourth-order valence-electron chi connectivity index (χ4n) is 3.29. The molecule has 2 aromatic rings. The Kier molecular flexibility index (Phi) is 6.39. The molecule has 1 aliphatic heterocycles. The van der Waals surface area contributed by atoms with Crippen molar-refractivity contribution in [1.82, 2.24) is 19.2 Å². The van der Waals surface area contributed by atoms with E-state index in [1.54, 1.807) is 20.8 Å². The number of sulfone groups is 1. The molecule has 0 spiro atoms. The van der Waals surface area contributed by atoms with Crippen LogP contribution in [0, 0.1) is 0 Å². The molecule has 0 bridgehead atoms. The lowest BCUT2D eigenvalue weighted by Crippen LogP contribution is -2.51. The summed E-state index contributed by atoms with van der Waals surface area (Å²) < 4.78 is 70.9. The molecule has 0 atom stereocenters. The van der Waals surface area contributed by atoms with Gasteiger partial charge >= 0.3 is 12.3 Å². The molecule has 9 nitrogen and oxygen atoms in total. The van der Waals surface area contributed by atoms with Crippen molar-refractivity contribution in [2.24, 2.45) is 0 Å². The van der Waals surface area contributed by atoms with Crippen molar-refractivity contribution < 1.29 is 35.9 Å². The maximum atomic E-state index is 13.3. The molecule has 33 heavy (non-hydrogen) atoms. The summed E-state index contributed by atoms with van der Waals surface area (Å²) in [6.07, 6.45) is -3.49. The minimum absolute atomic E-state index is 0.167. The molecule has 1 saturated heterocycles. The van der Waals surface area contributed by atoms with Crippen LogP contribution in [-0.4, -0.2) is 77.1 Å². The normalized spacial score (nSPS) is 15.7. The van der Waals surface area contributed by atoms with Gasteiger partial charge in [-0.2, -0.15) is 13.2 Å². The second-order valence-corrected chi connectivity index (χ2v) is 10.9. The highest BCUT2D eigenvalue weighted by Gasteiger charge is 2.35. The molecule has 0 aromatic carbocycles. The van der Waals surface area contributed by atoms with Crippen LogP contribution in [-0.2, 0) is 20.8 Å². The van der Waals surface area contributed by atoms with Gasteiger partial charge < -0.3 is 18.9 Å². The highest BCUT2D eigenvalue weighted by molar-refractivity contribution is 7.91. The molecule has 3 rings (SSSR count). The smallest absolute Gasteiger partial charge is 0.417 e. The summed E-state index contributed by atoms with van der Waals surface area (Å²) in [5.74, 6) is -0.997. The summed E-state index contributed by atoms with van der Waals surface area (Å²) in [6, 6.07) is 0.537. The maximum Gasteiger partial charge on any atom is 0.417 e. The van der Waals surface area contributed by atoms with Crippen LogP contribution in [0.5, 0.6) is 0 Å². The molecule has 182 valence electrons. The van der Waals surface area contributed by atoms with E-state index in [2.05, 4.69) is 4.98 Å². The zero-order valence-electron chi connectivity index (χ0n) is 18.6. The van der Waals surface area contributed by atoms with E-state index in [0.717, 1.165) is 10.6 Å². The maximum absolute atomic E-state index is 13.3. The summed E-state index contributed by atoms with van der Waals surface area (Å²) in [4.78, 5) is 31.4. The van der Waals surface area contributed by atoms with Gasteiger partial charge in [-0.25, -0.2) is 18.2 Å². The molecule has 2 amide bonds. The van der Waals surface area contributed by atoms with Crippen molar-refractivity contribution in [3.05, 3.63) is 29.7 Å². The zero-order chi connectivity index (χ0) is 24.8. The van der Waals surface area contributed by atoms with Gasteiger partial charge in [-0.05, 0) is 26.8 Å². The van der Waals surface area contributed by atoms with Crippen molar-refractivity contribution in [3.8, 4) is 0 Å². The van der Waals surface area contributed by atoms with Gasteiger partial charge in [0.2, 0.25) is 0 Å². The Morgan fingerprint density at radius 1 is 1.06 bits per heavy atom. The summed E-state index contributed by atoms with van der Waals surface area (Å²) in [5.41, 5.74) is -2.26. The van der Waals surface area contributed by atoms with Gasteiger partial charge in [-0.1, -0.05) is 6.92 Å².